The highest BCUT2D eigenvalue weighted by Crippen LogP contribution is 2.20. The second-order valence-electron chi connectivity index (χ2n) is 5.38. The summed E-state index contributed by atoms with van der Waals surface area (Å²) in [5.41, 5.74) is 3.52. The van der Waals surface area contributed by atoms with Gasteiger partial charge in [-0.15, -0.1) is 0 Å². The highest BCUT2D eigenvalue weighted by atomic mass is 32.1. The van der Waals surface area contributed by atoms with Crippen LogP contribution in [0.4, 0.5) is 5.69 Å². The van der Waals surface area contributed by atoms with Gasteiger partial charge in [-0.1, -0.05) is 38.1 Å². The average Bonchev–Trinajstić information content (AvgIpc) is 2.60. The molecule has 4 heteroatoms. The summed E-state index contributed by atoms with van der Waals surface area (Å²) in [7, 11) is 1.67. The van der Waals surface area contributed by atoms with Crippen molar-refractivity contribution in [3.05, 3.63) is 59.7 Å². The molecule has 0 aliphatic rings. The predicted octanol–water partition coefficient (Wildman–Crippen LogP) is 4.70. The average molecular weight is 328 g/mol. The van der Waals surface area contributed by atoms with E-state index in [-0.39, 0.29) is 6.04 Å². The zero-order chi connectivity index (χ0) is 16.7. The molecule has 23 heavy (non-hydrogen) atoms. The van der Waals surface area contributed by atoms with Crippen LogP contribution in [0.15, 0.2) is 48.5 Å². The van der Waals surface area contributed by atoms with Gasteiger partial charge in [-0.2, -0.15) is 0 Å². The fraction of sp³-hybridized carbons (Fsp3) is 0.316. The highest BCUT2D eigenvalue weighted by molar-refractivity contribution is 7.80. The van der Waals surface area contributed by atoms with Crippen molar-refractivity contribution in [2.75, 3.05) is 12.4 Å². The Morgan fingerprint density at radius 3 is 2.22 bits per heavy atom. The third-order valence-electron chi connectivity index (χ3n) is 3.85. The maximum atomic E-state index is 5.44. The van der Waals surface area contributed by atoms with Crippen molar-refractivity contribution in [3.8, 4) is 5.75 Å². The maximum absolute atomic E-state index is 5.44. The smallest absolute Gasteiger partial charge is 0.171 e. The molecule has 0 saturated carbocycles. The summed E-state index contributed by atoms with van der Waals surface area (Å²) in [4.78, 5) is 0. The Bertz CT molecular complexity index is 623. The Balaban J connectivity index is 1.97. The lowest BCUT2D eigenvalue weighted by atomic mass is 10.0. The molecule has 0 spiro atoms. The fourth-order valence-corrected chi connectivity index (χ4v) is 2.67. The minimum atomic E-state index is 0.177. The van der Waals surface area contributed by atoms with Gasteiger partial charge in [0.05, 0.1) is 13.2 Å². The molecule has 1 atom stereocenters. The monoisotopic (exact) mass is 328 g/mol. The first-order valence-electron chi connectivity index (χ1n) is 7.96. The maximum Gasteiger partial charge on any atom is 0.171 e. The Morgan fingerprint density at radius 2 is 1.70 bits per heavy atom. The number of anilines is 1. The van der Waals surface area contributed by atoms with E-state index in [1.165, 1.54) is 11.1 Å². The third-order valence-corrected chi connectivity index (χ3v) is 4.07. The molecule has 0 bridgehead atoms. The van der Waals surface area contributed by atoms with Crippen LogP contribution in [0.25, 0.3) is 0 Å². The number of ether oxygens (including phenoxy) is 1. The first kappa shape index (κ1) is 17.3. The van der Waals surface area contributed by atoms with Crippen molar-refractivity contribution in [2.45, 2.75) is 32.7 Å². The number of aryl methyl sites for hydroxylation is 1. The van der Waals surface area contributed by atoms with Crippen LogP contribution in [0.5, 0.6) is 5.75 Å². The zero-order valence-electron chi connectivity index (χ0n) is 13.9. The first-order chi connectivity index (χ1) is 11.2. The molecule has 0 amide bonds. The molecular formula is C19H24N2OS. The van der Waals surface area contributed by atoms with Crippen molar-refractivity contribution in [2.24, 2.45) is 0 Å². The summed E-state index contributed by atoms with van der Waals surface area (Å²) in [5.74, 6) is 0.861. The van der Waals surface area contributed by atoms with E-state index in [1.807, 2.05) is 12.1 Å². The normalized spacial score (nSPS) is 11.6. The van der Waals surface area contributed by atoms with E-state index in [0.29, 0.717) is 5.11 Å². The minimum Gasteiger partial charge on any atom is -0.497 e. The number of rotatable bonds is 6. The quantitative estimate of drug-likeness (QED) is 0.753. The molecule has 0 aromatic heterocycles. The molecule has 2 N–H and O–H groups in total. The summed E-state index contributed by atoms with van der Waals surface area (Å²) in [6, 6.07) is 16.6. The minimum absolute atomic E-state index is 0.177. The number of nitrogens with one attached hydrogen (secondary N) is 2. The van der Waals surface area contributed by atoms with Crippen LogP contribution in [0.1, 0.15) is 37.4 Å². The topological polar surface area (TPSA) is 33.3 Å². The molecule has 0 saturated heterocycles. The van der Waals surface area contributed by atoms with Gasteiger partial charge >= 0.3 is 0 Å². The van der Waals surface area contributed by atoms with Gasteiger partial charge in [-0.05, 0) is 60.5 Å². The molecule has 0 radical (unpaired) electrons. The molecule has 0 aliphatic carbocycles. The van der Waals surface area contributed by atoms with Crippen LogP contribution in [-0.2, 0) is 6.42 Å². The molecule has 0 heterocycles. The Hall–Kier alpha value is -2.07. The SMILES string of the molecule is CCc1ccc(NC(=S)NC(CC)c2ccc(OC)cc2)cc1. The van der Waals surface area contributed by atoms with Crippen LogP contribution >= 0.6 is 12.2 Å². The van der Waals surface area contributed by atoms with E-state index in [9.17, 15) is 0 Å². The lowest BCUT2D eigenvalue weighted by molar-refractivity contribution is 0.414. The number of hydrogen-bond acceptors (Lipinski definition) is 2. The Labute approximate surface area is 144 Å². The van der Waals surface area contributed by atoms with Gasteiger partial charge < -0.3 is 15.4 Å². The van der Waals surface area contributed by atoms with Gasteiger partial charge in [-0.3, -0.25) is 0 Å². The van der Waals surface area contributed by atoms with Crippen LogP contribution in [0.3, 0.4) is 0 Å². The van der Waals surface area contributed by atoms with Gasteiger partial charge in [0.1, 0.15) is 5.75 Å². The van der Waals surface area contributed by atoms with Crippen LogP contribution in [0.2, 0.25) is 0 Å². The molecule has 0 fully saturated rings. The number of benzene rings is 2. The second kappa shape index (κ2) is 8.53. The van der Waals surface area contributed by atoms with E-state index in [1.54, 1.807) is 7.11 Å². The first-order valence-corrected chi connectivity index (χ1v) is 8.37. The van der Waals surface area contributed by atoms with Crippen LogP contribution in [0, 0.1) is 0 Å². The van der Waals surface area contributed by atoms with Gasteiger partial charge in [0.15, 0.2) is 5.11 Å². The van der Waals surface area contributed by atoms with Crippen molar-refractivity contribution < 1.29 is 4.74 Å². The Kier molecular flexibility index (Phi) is 6.41. The van der Waals surface area contributed by atoms with E-state index in [0.717, 1.165) is 24.3 Å². The lowest BCUT2D eigenvalue weighted by Gasteiger charge is -2.20. The molecule has 2 rings (SSSR count). The fourth-order valence-electron chi connectivity index (χ4n) is 2.41. The van der Waals surface area contributed by atoms with E-state index in [2.05, 4.69) is 60.9 Å². The summed E-state index contributed by atoms with van der Waals surface area (Å²) >= 11 is 5.44. The molecule has 3 nitrogen and oxygen atoms in total. The van der Waals surface area contributed by atoms with E-state index >= 15 is 0 Å². The van der Waals surface area contributed by atoms with Crippen molar-refractivity contribution in [3.63, 3.8) is 0 Å². The predicted molar refractivity (Wildman–Crippen MR) is 101 cm³/mol. The van der Waals surface area contributed by atoms with Crippen LogP contribution < -0.4 is 15.4 Å². The summed E-state index contributed by atoms with van der Waals surface area (Å²) in [6.07, 6.45) is 1.99. The second-order valence-corrected chi connectivity index (χ2v) is 5.79. The van der Waals surface area contributed by atoms with E-state index < -0.39 is 0 Å². The standard InChI is InChI=1S/C19H24N2OS/c1-4-14-6-10-16(11-7-14)20-19(23)21-18(5-2)15-8-12-17(22-3)13-9-15/h6-13,18H,4-5H2,1-3H3,(H2,20,21,23). The van der Waals surface area contributed by atoms with E-state index in [4.69, 9.17) is 17.0 Å². The summed E-state index contributed by atoms with van der Waals surface area (Å²) < 4.78 is 5.20. The largest absolute Gasteiger partial charge is 0.497 e. The molecule has 122 valence electrons. The number of hydrogen-bond donors (Lipinski definition) is 2. The lowest BCUT2D eigenvalue weighted by Crippen LogP contribution is -2.32. The van der Waals surface area contributed by atoms with Crippen molar-refractivity contribution in [1.82, 2.24) is 5.32 Å². The highest BCUT2D eigenvalue weighted by Gasteiger charge is 2.10. The zero-order valence-corrected chi connectivity index (χ0v) is 14.7. The van der Waals surface area contributed by atoms with Crippen molar-refractivity contribution >= 4 is 23.0 Å². The molecule has 1 unspecified atom stereocenters. The van der Waals surface area contributed by atoms with Gasteiger partial charge in [-0.25, -0.2) is 0 Å². The molecule has 2 aromatic carbocycles. The summed E-state index contributed by atoms with van der Waals surface area (Å²) in [5, 5.41) is 7.26. The third kappa shape index (κ3) is 4.96. The number of methoxy groups -OCH3 is 1. The Morgan fingerprint density at radius 1 is 1.04 bits per heavy atom. The van der Waals surface area contributed by atoms with Crippen molar-refractivity contribution in [1.29, 1.82) is 0 Å². The van der Waals surface area contributed by atoms with Gasteiger partial charge in [0.25, 0.3) is 0 Å². The number of thiocarbonyl (C=S) groups is 1. The molecule has 2 aromatic rings. The molecular weight excluding hydrogens is 304 g/mol. The molecule has 0 aliphatic heterocycles. The van der Waals surface area contributed by atoms with Crippen LogP contribution in [-0.4, -0.2) is 12.2 Å². The van der Waals surface area contributed by atoms with Gasteiger partial charge in [0.2, 0.25) is 0 Å². The summed E-state index contributed by atoms with van der Waals surface area (Å²) in [6.45, 7) is 4.29. The van der Waals surface area contributed by atoms with Gasteiger partial charge in [0, 0.05) is 5.69 Å².